The zero-order valence-corrected chi connectivity index (χ0v) is 29.3. The molecule has 0 amide bonds. The molecule has 0 saturated carbocycles. The second-order valence-corrected chi connectivity index (χ2v) is 24.1. The molecular weight excluding hydrogens is 553 g/mol. The molecule has 1 fully saturated rings. The standard InChI is InChI=1S/C31H52N2O6Si2/c1-21-14-13-15-22(2)24(21)19-36-18-23-17-33(29(35)32-28(23)34)27-16-25(39-41(11,12)31(6,7)8)26(38-27)20-37-40(9,10)30(3,4)5/h13-15,17,25-27H,16,18-20H2,1-12H3,(H,32,34,35)/t25-,26-,27-/m1/s1. The van der Waals surface area contributed by atoms with Crippen molar-refractivity contribution in [3.05, 3.63) is 67.5 Å². The van der Waals surface area contributed by atoms with Crippen molar-refractivity contribution in [3.8, 4) is 0 Å². The van der Waals surface area contributed by atoms with Crippen LogP contribution in [0.1, 0.15) is 76.4 Å². The zero-order chi connectivity index (χ0) is 31.0. The quantitative estimate of drug-likeness (QED) is 0.309. The second-order valence-electron chi connectivity index (χ2n) is 14.5. The minimum atomic E-state index is -2.14. The number of benzene rings is 1. The van der Waals surface area contributed by atoms with E-state index in [9.17, 15) is 9.59 Å². The Labute approximate surface area is 248 Å². The van der Waals surface area contributed by atoms with Crippen LogP contribution in [0.3, 0.4) is 0 Å². The molecule has 2 heterocycles. The Morgan fingerprint density at radius 2 is 1.54 bits per heavy atom. The minimum absolute atomic E-state index is 0.0186. The molecule has 1 aliphatic rings. The maximum absolute atomic E-state index is 13.0. The Morgan fingerprint density at radius 1 is 0.951 bits per heavy atom. The fraction of sp³-hybridized carbons (Fsp3) is 0.677. The highest BCUT2D eigenvalue weighted by Gasteiger charge is 2.46. The Morgan fingerprint density at radius 3 is 2.10 bits per heavy atom. The van der Waals surface area contributed by atoms with Gasteiger partial charge in [-0.2, -0.15) is 0 Å². The molecule has 3 atom stereocenters. The summed E-state index contributed by atoms with van der Waals surface area (Å²) in [7, 11) is -4.17. The Balaban J connectivity index is 1.84. The summed E-state index contributed by atoms with van der Waals surface area (Å²) in [6, 6.07) is 6.11. The molecule has 3 rings (SSSR count). The van der Waals surface area contributed by atoms with E-state index in [0.29, 0.717) is 25.2 Å². The molecule has 1 N–H and O–H groups in total. The van der Waals surface area contributed by atoms with Crippen molar-refractivity contribution in [1.29, 1.82) is 0 Å². The van der Waals surface area contributed by atoms with Crippen LogP contribution in [-0.2, 0) is 31.5 Å². The van der Waals surface area contributed by atoms with Crippen molar-refractivity contribution in [3.63, 3.8) is 0 Å². The van der Waals surface area contributed by atoms with Gasteiger partial charge >= 0.3 is 5.69 Å². The van der Waals surface area contributed by atoms with E-state index in [1.165, 1.54) is 4.57 Å². The molecule has 1 aliphatic heterocycles. The molecule has 41 heavy (non-hydrogen) atoms. The number of aromatic nitrogens is 2. The number of nitrogens with one attached hydrogen (secondary N) is 1. The van der Waals surface area contributed by atoms with Crippen molar-refractivity contribution in [2.75, 3.05) is 6.61 Å². The summed E-state index contributed by atoms with van der Waals surface area (Å²) in [5, 5.41) is 0.0765. The lowest BCUT2D eigenvalue weighted by atomic mass is 10.0. The number of aryl methyl sites for hydroxylation is 2. The molecule has 0 spiro atoms. The number of aromatic amines is 1. The van der Waals surface area contributed by atoms with E-state index in [2.05, 4.69) is 72.7 Å². The maximum Gasteiger partial charge on any atom is 0.330 e. The molecule has 1 aromatic heterocycles. The van der Waals surface area contributed by atoms with Crippen molar-refractivity contribution >= 4 is 16.6 Å². The highest BCUT2D eigenvalue weighted by atomic mass is 28.4. The number of nitrogens with zero attached hydrogens (tertiary/aromatic N) is 1. The third kappa shape index (κ3) is 7.97. The highest BCUT2D eigenvalue weighted by Crippen LogP contribution is 2.42. The van der Waals surface area contributed by atoms with E-state index in [1.807, 2.05) is 32.0 Å². The molecule has 0 unspecified atom stereocenters. The van der Waals surface area contributed by atoms with Crippen molar-refractivity contribution < 1.29 is 18.3 Å². The Kier molecular flexibility index (Phi) is 10.2. The van der Waals surface area contributed by atoms with Crippen LogP contribution in [0, 0.1) is 13.8 Å². The van der Waals surface area contributed by atoms with Gasteiger partial charge in [0.25, 0.3) is 5.56 Å². The first-order valence-corrected chi connectivity index (χ1v) is 20.5. The van der Waals surface area contributed by atoms with E-state index >= 15 is 0 Å². The fourth-order valence-electron chi connectivity index (χ4n) is 4.39. The van der Waals surface area contributed by atoms with Gasteiger partial charge in [0.1, 0.15) is 12.3 Å². The van der Waals surface area contributed by atoms with Crippen molar-refractivity contribution in [2.45, 2.75) is 130 Å². The lowest BCUT2D eigenvalue weighted by Crippen LogP contribution is -2.48. The molecule has 0 bridgehead atoms. The van der Waals surface area contributed by atoms with Crippen LogP contribution in [0.25, 0.3) is 0 Å². The topological polar surface area (TPSA) is 91.8 Å². The van der Waals surface area contributed by atoms with Gasteiger partial charge in [-0.15, -0.1) is 0 Å². The first kappa shape index (κ1) is 33.7. The molecule has 230 valence electrons. The summed E-state index contributed by atoms with van der Waals surface area (Å²) in [5.74, 6) is 0. The van der Waals surface area contributed by atoms with Crippen LogP contribution in [0.5, 0.6) is 0 Å². The molecule has 10 heteroatoms. The molecule has 1 aromatic carbocycles. The van der Waals surface area contributed by atoms with E-state index < -0.39 is 34.1 Å². The molecule has 0 aliphatic carbocycles. The van der Waals surface area contributed by atoms with Gasteiger partial charge in [-0.05, 0) is 66.8 Å². The number of rotatable bonds is 10. The lowest BCUT2D eigenvalue weighted by molar-refractivity contribution is -0.0414. The monoisotopic (exact) mass is 604 g/mol. The highest BCUT2D eigenvalue weighted by molar-refractivity contribution is 6.74. The lowest BCUT2D eigenvalue weighted by Gasteiger charge is -2.40. The Hall–Kier alpha value is -1.83. The van der Waals surface area contributed by atoms with E-state index in [0.717, 1.165) is 16.7 Å². The van der Waals surface area contributed by atoms with Crippen LogP contribution in [-0.4, -0.2) is 45.0 Å². The van der Waals surface area contributed by atoms with Gasteiger partial charge in [0, 0.05) is 12.6 Å². The van der Waals surface area contributed by atoms with Crippen LogP contribution in [0.15, 0.2) is 34.0 Å². The van der Waals surface area contributed by atoms with Crippen LogP contribution in [0.4, 0.5) is 0 Å². The first-order valence-electron chi connectivity index (χ1n) is 14.7. The maximum atomic E-state index is 13.0. The predicted molar refractivity (Wildman–Crippen MR) is 169 cm³/mol. The van der Waals surface area contributed by atoms with Crippen LogP contribution >= 0.6 is 0 Å². The SMILES string of the molecule is Cc1cccc(C)c1COCc1cn([C@H]2C[C@@H](O[Si](C)(C)C(C)(C)C)[C@@H](CO[Si](C)(C)C(C)(C)C)O2)c(=O)[nH]c1=O. The summed E-state index contributed by atoms with van der Waals surface area (Å²) in [5.41, 5.74) is 2.81. The Bertz CT molecular complexity index is 1300. The molecular formula is C31H52N2O6Si2. The molecule has 8 nitrogen and oxygen atoms in total. The van der Waals surface area contributed by atoms with Gasteiger partial charge in [0.05, 0.1) is 31.5 Å². The first-order chi connectivity index (χ1) is 18.7. The van der Waals surface area contributed by atoms with Gasteiger partial charge in [0.2, 0.25) is 0 Å². The van der Waals surface area contributed by atoms with Gasteiger partial charge in [-0.3, -0.25) is 14.3 Å². The summed E-state index contributed by atoms with van der Waals surface area (Å²) in [6.45, 7) is 27.1. The van der Waals surface area contributed by atoms with E-state index in [4.69, 9.17) is 18.3 Å². The van der Waals surface area contributed by atoms with Gasteiger partial charge in [0.15, 0.2) is 16.6 Å². The van der Waals surface area contributed by atoms with Crippen molar-refractivity contribution in [2.24, 2.45) is 0 Å². The summed E-state index contributed by atoms with van der Waals surface area (Å²) in [4.78, 5) is 28.2. The number of hydrogen-bond acceptors (Lipinski definition) is 6. The predicted octanol–water partition coefficient (Wildman–Crippen LogP) is 6.57. The smallest absolute Gasteiger partial charge is 0.330 e. The molecule has 2 aromatic rings. The van der Waals surface area contributed by atoms with E-state index in [-0.39, 0.29) is 28.9 Å². The fourth-order valence-corrected chi connectivity index (χ4v) is 6.76. The summed E-state index contributed by atoms with van der Waals surface area (Å²) < 4.78 is 27.3. The van der Waals surface area contributed by atoms with Crippen LogP contribution < -0.4 is 11.2 Å². The number of H-pyrrole nitrogens is 1. The number of hydrogen-bond donors (Lipinski definition) is 1. The van der Waals surface area contributed by atoms with Gasteiger partial charge < -0.3 is 18.3 Å². The summed E-state index contributed by atoms with van der Waals surface area (Å²) in [6.07, 6.45) is 0.933. The number of ether oxygens (including phenoxy) is 2. The average Bonchev–Trinajstić information content (AvgIpc) is 3.21. The molecule has 0 radical (unpaired) electrons. The largest absolute Gasteiger partial charge is 0.414 e. The third-order valence-corrected chi connectivity index (χ3v) is 18.4. The zero-order valence-electron chi connectivity index (χ0n) is 27.3. The average molecular weight is 605 g/mol. The van der Waals surface area contributed by atoms with E-state index in [1.54, 1.807) is 6.20 Å². The third-order valence-electron chi connectivity index (χ3n) is 9.35. The van der Waals surface area contributed by atoms with Gasteiger partial charge in [-0.25, -0.2) is 4.79 Å². The molecule has 1 saturated heterocycles. The van der Waals surface area contributed by atoms with Crippen LogP contribution in [0.2, 0.25) is 36.3 Å². The minimum Gasteiger partial charge on any atom is -0.414 e. The normalized spacial score (nSPS) is 20.5. The van der Waals surface area contributed by atoms with Gasteiger partial charge in [-0.1, -0.05) is 59.7 Å². The summed E-state index contributed by atoms with van der Waals surface area (Å²) >= 11 is 0. The van der Waals surface area contributed by atoms with Crippen molar-refractivity contribution in [1.82, 2.24) is 9.55 Å². The second kappa shape index (κ2) is 12.4.